The van der Waals surface area contributed by atoms with E-state index in [1.54, 1.807) is 0 Å². The van der Waals surface area contributed by atoms with Gasteiger partial charge in [-0.15, -0.1) is 11.6 Å². The van der Waals surface area contributed by atoms with E-state index < -0.39 is 0 Å². The zero-order valence-electron chi connectivity index (χ0n) is 12.1. The molecule has 0 bridgehead atoms. The van der Waals surface area contributed by atoms with Crippen LogP contribution in [0.25, 0.3) is 11.2 Å². The number of alkyl halides is 1. The number of hydrogen-bond donors (Lipinski definition) is 1. The Balaban J connectivity index is 2.35. The lowest BCUT2D eigenvalue weighted by molar-refractivity contribution is -0.121. The van der Waals surface area contributed by atoms with Crippen molar-refractivity contribution in [1.29, 1.82) is 0 Å². The number of methoxy groups -OCH3 is 1. The van der Waals surface area contributed by atoms with Crippen molar-refractivity contribution in [2.45, 2.75) is 26.3 Å². The van der Waals surface area contributed by atoms with Gasteiger partial charge in [-0.3, -0.25) is 4.79 Å². The number of imidazole rings is 1. The summed E-state index contributed by atoms with van der Waals surface area (Å²) in [6.07, 6.45) is 2.38. The number of rotatable bonds is 7. The van der Waals surface area contributed by atoms with E-state index in [4.69, 9.17) is 16.3 Å². The highest BCUT2D eigenvalue weighted by Gasteiger charge is 2.16. The Kier molecular flexibility index (Phi) is 5.32. The number of aryl methyl sites for hydroxylation is 2. The van der Waals surface area contributed by atoms with Gasteiger partial charge in [0.15, 0.2) is 11.2 Å². The topological polar surface area (TPSA) is 81.9 Å². The number of ether oxygens (including phenoxy) is 1. The van der Waals surface area contributed by atoms with Crippen LogP contribution in [0, 0.1) is 0 Å². The molecular weight excluding hydrogens is 294 g/mol. The van der Waals surface area contributed by atoms with E-state index in [0.29, 0.717) is 48.9 Å². The summed E-state index contributed by atoms with van der Waals surface area (Å²) in [6, 6.07) is 0. The van der Waals surface area contributed by atoms with Crippen LogP contribution >= 0.6 is 11.6 Å². The van der Waals surface area contributed by atoms with E-state index in [1.165, 1.54) is 13.4 Å². The first-order chi connectivity index (χ1) is 10.2. The number of hydrogen-bond acceptors (Lipinski definition) is 5. The smallest absolute Gasteiger partial charge is 0.245 e. The minimum Gasteiger partial charge on any atom is -0.479 e. The fourth-order valence-electron chi connectivity index (χ4n) is 2.12. The standard InChI is InChI=1S/C13H18ClN5O2/c1-3-15-10(20)5-7-19-9(4-6-14)18-11-12(19)16-8-17-13(11)21-2/h8H,3-7H2,1-2H3,(H,15,20). The number of carbonyl (C=O) groups is 1. The van der Waals surface area contributed by atoms with Crippen LogP contribution in [0.1, 0.15) is 19.2 Å². The van der Waals surface area contributed by atoms with Crippen molar-refractivity contribution in [3.63, 3.8) is 0 Å². The lowest BCUT2D eigenvalue weighted by atomic mass is 10.3. The summed E-state index contributed by atoms with van der Waals surface area (Å²) in [5, 5.41) is 2.77. The van der Waals surface area contributed by atoms with Gasteiger partial charge in [0, 0.05) is 31.8 Å². The Labute approximate surface area is 127 Å². The number of halogens is 1. The van der Waals surface area contributed by atoms with E-state index in [9.17, 15) is 4.79 Å². The van der Waals surface area contributed by atoms with E-state index in [-0.39, 0.29) is 5.91 Å². The summed E-state index contributed by atoms with van der Waals surface area (Å²) >= 11 is 5.82. The molecule has 0 saturated heterocycles. The van der Waals surface area contributed by atoms with Gasteiger partial charge in [-0.2, -0.15) is 4.98 Å². The number of aromatic nitrogens is 4. The van der Waals surface area contributed by atoms with Crippen molar-refractivity contribution in [1.82, 2.24) is 24.8 Å². The summed E-state index contributed by atoms with van der Waals surface area (Å²) in [6.45, 7) is 3.00. The Bertz CT molecular complexity index is 628. The monoisotopic (exact) mass is 311 g/mol. The normalized spacial score (nSPS) is 10.8. The lowest BCUT2D eigenvalue weighted by Crippen LogP contribution is -2.24. The van der Waals surface area contributed by atoms with Crippen LogP contribution in [0.5, 0.6) is 5.88 Å². The zero-order valence-corrected chi connectivity index (χ0v) is 12.9. The third-order valence-electron chi connectivity index (χ3n) is 3.03. The summed E-state index contributed by atoms with van der Waals surface area (Å²) in [5.74, 6) is 1.65. The zero-order chi connectivity index (χ0) is 15.2. The first-order valence-electron chi connectivity index (χ1n) is 6.78. The molecule has 8 heteroatoms. The van der Waals surface area contributed by atoms with Crippen LogP contribution in [0.2, 0.25) is 0 Å². The van der Waals surface area contributed by atoms with Gasteiger partial charge in [0.05, 0.1) is 7.11 Å². The second-order valence-corrected chi connectivity index (χ2v) is 4.76. The van der Waals surface area contributed by atoms with Gasteiger partial charge in [-0.05, 0) is 6.92 Å². The molecule has 21 heavy (non-hydrogen) atoms. The fraction of sp³-hybridized carbons (Fsp3) is 0.538. The van der Waals surface area contributed by atoms with Crippen molar-refractivity contribution in [3.05, 3.63) is 12.2 Å². The fourth-order valence-corrected chi connectivity index (χ4v) is 2.29. The van der Waals surface area contributed by atoms with Crippen molar-refractivity contribution in [2.75, 3.05) is 19.5 Å². The average Bonchev–Trinajstić information content (AvgIpc) is 2.83. The quantitative estimate of drug-likeness (QED) is 0.775. The predicted molar refractivity (Wildman–Crippen MR) is 79.6 cm³/mol. The molecule has 0 radical (unpaired) electrons. The molecular formula is C13H18ClN5O2. The third kappa shape index (κ3) is 3.41. The van der Waals surface area contributed by atoms with Crippen LogP contribution in [-0.2, 0) is 17.8 Å². The molecule has 2 rings (SSSR count). The molecule has 0 aliphatic rings. The molecule has 7 nitrogen and oxygen atoms in total. The highest BCUT2D eigenvalue weighted by Crippen LogP contribution is 2.22. The highest BCUT2D eigenvalue weighted by molar-refractivity contribution is 6.17. The molecule has 0 unspecified atom stereocenters. The third-order valence-corrected chi connectivity index (χ3v) is 3.21. The summed E-state index contributed by atoms with van der Waals surface area (Å²) in [5.41, 5.74) is 1.25. The van der Waals surface area contributed by atoms with Crippen LogP contribution in [-0.4, -0.2) is 45.0 Å². The van der Waals surface area contributed by atoms with Gasteiger partial charge >= 0.3 is 0 Å². The molecule has 2 heterocycles. The lowest BCUT2D eigenvalue weighted by Gasteiger charge is -2.07. The van der Waals surface area contributed by atoms with Crippen LogP contribution in [0.3, 0.4) is 0 Å². The molecule has 1 amide bonds. The van der Waals surface area contributed by atoms with E-state index in [1.807, 2.05) is 11.5 Å². The Hall–Kier alpha value is -1.89. The van der Waals surface area contributed by atoms with Gasteiger partial charge in [-0.1, -0.05) is 0 Å². The Morgan fingerprint density at radius 3 is 2.95 bits per heavy atom. The SMILES string of the molecule is CCNC(=O)CCn1c(CCCl)nc2c(OC)ncnc21. The minimum absolute atomic E-state index is 0.00260. The van der Waals surface area contributed by atoms with Crippen LogP contribution in [0.15, 0.2) is 6.33 Å². The molecule has 0 atom stereocenters. The molecule has 2 aromatic rings. The van der Waals surface area contributed by atoms with Gasteiger partial charge in [-0.25, -0.2) is 9.97 Å². The van der Waals surface area contributed by atoms with Gasteiger partial charge < -0.3 is 14.6 Å². The molecule has 1 N–H and O–H groups in total. The summed E-state index contributed by atoms with van der Waals surface area (Å²) < 4.78 is 7.10. The van der Waals surface area contributed by atoms with Crippen molar-refractivity contribution in [3.8, 4) is 5.88 Å². The number of nitrogens with zero attached hydrogens (tertiary/aromatic N) is 4. The molecule has 0 aliphatic heterocycles. The predicted octanol–water partition coefficient (Wildman–Crippen LogP) is 1.14. The molecule has 0 aromatic carbocycles. The maximum Gasteiger partial charge on any atom is 0.245 e. The first kappa shape index (κ1) is 15.5. The van der Waals surface area contributed by atoms with Crippen molar-refractivity contribution in [2.24, 2.45) is 0 Å². The molecule has 0 aliphatic carbocycles. The maximum atomic E-state index is 11.6. The largest absolute Gasteiger partial charge is 0.479 e. The minimum atomic E-state index is -0.00260. The first-order valence-corrected chi connectivity index (χ1v) is 7.31. The summed E-state index contributed by atoms with van der Waals surface area (Å²) in [7, 11) is 1.54. The molecule has 114 valence electrons. The average molecular weight is 312 g/mol. The van der Waals surface area contributed by atoms with Crippen LogP contribution in [0.4, 0.5) is 0 Å². The van der Waals surface area contributed by atoms with Crippen LogP contribution < -0.4 is 10.1 Å². The summed E-state index contributed by atoms with van der Waals surface area (Å²) in [4.78, 5) is 24.4. The number of nitrogens with one attached hydrogen (secondary N) is 1. The number of amides is 1. The van der Waals surface area contributed by atoms with Gasteiger partial charge in [0.25, 0.3) is 0 Å². The maximum absolute atomic E-state index is 11.6. The van der Waals surface area contributed by atoms with Gasteiger partial charge in [0.2, 0.25) is 11.8 Å². The molecule has 0 saturated carbocycles. The number of fused-ring (bicyclic) bond motifs is 1. The van der Waals surface area contributed by atoms with E-state index in [2.05, 4.69) is 20.3 Å². The highest BCUT2D eigenvalue weighted by atomic mass is 35.5. The van der Waals surface area contributed by atoms with Crippen molar-refractivity contribution < 1.29 is 9.53 Å². The van der Waals surface area contributed by atoms with Crippen molar-refractivity contribution >= 4 is 28.7 Å². The second kappa shape index (κ2) is 7.21. The Morgan fingerprint density at radius 1 is 1.48 bits per heavy atom. The van der Waals surface area contributed by atoms with E-state index >= 15 is 0 Å². The van der Waals surface area contributed by atoms with Gasteiger partial charge in [0.1, 0.15) is 12.2 Å². The number of carbonyl (C=O) groups excluding carboxylic acids is 1. The van der Waals surface area contributed by atoms with E-state index in [0.717, 1.165) is 5.82 Å². The Morgan fingerprint density at radius 2 is 2.29 bits per heavy atom. The second-order valence-electron chi connectivity index (χ2n) is 4.38. The molecule has 2 aromatic heterocycles. The molecule has 0 spiro atoms. The molecule has 0 fully saturated rings.